The minimum Gasteiger partial charge on any atom is -0.469 e. The molecule has 2 rings (SSSR count). The number of hydrogen-bond acceptors (Lipinski definition) is 6. The van der Waals surface area contributed by atoms with E-state index in [1.165, 1.54) is 14.2 Å². The van der Waals surface area contributed by atoms with E-state index in [1.54, 1.807) is 0 Å². The second-order valence-corrected chi connectivity index (χ2v) is 14.0. The first-order valence-electron chi connectivity index (χ1n) is 9.92. The molecule has 0 amide bonds. The number of carbonyl (C=O) groups excluding carboxylic acids is 2. The van der Waals surface area contributed by atoms with Gasteiger partial charge in [-0.15, -0.1) is 0 Å². The summed E-state index contributed by atoms with van der Waals surface area (Å²) in [5.41, 5.74) is 0. The van der Waals surface area contributed by atoms with Crippen molar-refractivity contribution in [3.63, 3.8) is 0 Å². The molecule has 4 atom stereocenters. The van der Waals surface area contributed by atoms with Gasteiger partial charge in [0.2, 0.25) is 0 Å². The zero-order valence-corrected chi connectivity index (χ0v) is 19.0. The lowest BCUT2D eigenvalue weighted by molar-refractivity contribution is -0.146. The third kappa shape index (κ3) is 7.20. The Kier molecular flexibility index (Phi) is 8.96. The normalized spacial score (nSPS) is 28.3. The first kappa shape index (κ1) is 24.1. The summed E-state index contributed by atoms with van der Waals surface area (Å²) in [5, 5.41) is 9.27. The van der Waals surface area contributed by atoms with Gasteiger partial charge in [-0.3, -0.25) is 9.59 Å². The molecule has 2 fully saturated rings. The third-order valence-electron chi connectivity index (χ3n) is 6.13. The largest absolute Gasteiger partial charge is 0.469 e. The summed E-state index contributed by atoms with van der Waals surface area (Å²) in [6, 6.07) is 0. The number of methoxy groups -OCH3 is 2. The molecule has 2 aliphatic rings. The van der Waals surface area contributed by atoms with Crippen LogP contribution in [0.15, 0.2) is 0 Å². The van der Waals surface area contributed by atoms with E-state index in [1.807, 2.05) is 0 Å². The maximum absolute atomic E-state index is 11.5. The van der Waals surface area contributed by atoms with Crippen LogP contribution < -0.4 is 0 Å². The highest BCUT2D eigenvalue weighted by Crippen LogP contribution is 2.40. The van der Waals surface area contributed by atoms with Crippen molar-refractivity contribution in [1.82, 2.24) is 0 Å². The van der Waals surface area contributed by atoms with Gasteiger partial charge in [-0.25, -0.2) is 0 Å². The van der Waals surface area contributed by atoms with E-state index in [0.717, 1.165) is 32.1 Å². The number of hydrogen-bond donors (Lipinski definition) is 1. The van der Waals surface area contributed by atoms with Crippen molar-refractivity contribution in [3.8, 4) is 0 Å². The van der Waals surface area contributed by atoms with E-state index in [4.69, 9.17) is 14.3 Å². The summed E-state index contributed by atoms with van der Waals surface area (Å²) in [6.45, 7) is 11.3. The maximum Gasteiger partial charge on any atom is 0.308 e. The molecular formula is C20H38O6Si. The molecule has 0 aromatic rings. The molecule has 0 heterocycles. The van der Waals surface area contributed by atoms with Crippen LogP contribution in [0.4, 0.5) is 0 Å². The highest BCUT2D eigenvalue weighted by molar-refractivity contribution is 6.74. The summed E-state index contributed by atoms with van der Waals surface area (Å²) in [4.78, 5) is 22.3. The summed E-state index contributed by atoms with van der Waals surface area (Å²) in [6.07, 6.45) is 4.78. The van der Waals surface area contributed by atoms with Crippen LogP contribution >= 0.6 is 0 Å². The average molecular weight is 403 g/mol. The van der Waals surface area contributed by atoms with Crippen LogP contribution in [0.5, 0.6) is 0 Å². The highest BCUT2D eigenvalue weighted by atomic mass is 28.4. The van der Waals surface area contributed by atoms with Gasteiger partial charge in [0.1, 0.15) is 0 Å². The molecule has 0 spiro atoms. The van der Waals surface area contributed by atoms with Crippen molar-refractivity contribution >= 4 is 20.3 Å². The van der Waals surface area contributed by atoms with Crippen LogP contribution in [0.1, 0.15) is 59.3 Å². The summed E-state index contributed by atoms with van der Waals surface area (Å²) in [5.74, 6) is -0.266. The molecule has 2 saturated carbocycles. The Labute approximate surface area is 165 Å². The van der Waals surface area contributed by atoms with Gasteiger partial charge in [-0.1, -0.05) is 20.8 Å². The summed E-state index contributed by atoms with van der Waals surface area (Å²) in [7, 11) is 1.15. The zero-order chi connectivity index (χ0) is 20.8. The fourth-order valence-electron chi connectivity index (χ4n) is 3.36. The van der Waals surface area contributed by atoms with Crippen molar-refractivity contribution in [2.24, 2.45) is 11.8 Å². The topological polar surface area (TPSA) is 82.1 Å². The molecule has 6 nitrogen and oxygen atoms in total. The zero-order valence-electron chi connectivity index (χ0n) is 18.0. The molecule has 2 aliphatic carbocycles. The van der Waals surface area contributed by atoms with E-state index in [0.29, 0.717) is 6.42 Å². The molecule has 0 aromatic carbocycles. The molecule has 0 saturated heterocycles. The van der Waals surface area contributed by atoms with E-state index < -0.39 is 8.32 Å². The Morgan fingerprint density at radius 1 is 0.889 bits per heavy atom. The van der Waals surface area contributed by atoms with Crippen molar-refractivity contribution in [3.05, 3.63) is 0 Å². The van der Waals surface area contributed by atoms with Gasteiger partial charge in [0.25, 0.3) is 0 Å². The lowest BCUT2D eigenvalue weighted by atomic mass is 10.1. The number of carbonyl (C=O) groups is 2. The van der Waals surface area contributed by atoms with Crippen LogP contribution in [0, 0.1) is 11.8 Å². The minimum absolute atomic E-state index is 0.0507. The molecular weight excluding hydrogens is 364 g/mol. The van der Waals surface area contributed by atoms with Crippen LogP contribution in [0.25, 0.3) is 0 Å². The van der Waals surface area contributed by atoms with Gasteiger partial charge < -0.3 is 19.0 Å². The monoisotopic (exact) mass is 402 g/mol. The standard InChI is InChI=1S/C13H26O3Si.C7H12O3/c1-13(2,3)17(5,6)16-11-8-7-10(9-11)12(14)15-4;1-10-7(9)5-2-3-6(8)4-5/h10-11H,7-9H2,1-6H3;5-6,8H,2-4H2,1H3. The van der Waals surface area contributed by atoms with Gasteiger partial charge in [-0.05, 0) is 56.7 Å². The average Bonchev–Trinajstić information content (AvgIpc) is 3.21. The first-order valence-corrected chi connectivity index (χ1v) is 12.8. The Balaban J connectivity index is 0.000000309. The van der Waals surface area contributed by atoms with Crippen molar-refractivity contribution < 1.29 is 28.6 Å². The second-order valence-electron chi connectivity index (χ2n) is 9.22. The van der Waals surface area contributed by atoms with Gasteiger partial charge in [-0.2, -0.15) is 0 Å². The van der Waals surface area contributed by atoms with Crippen molar-refractivity contribution in [2.45, 2.75) is 89.6 Å². The smallest absolute Gasteiger partial charge is 0.308 e. The van der Waals surface area contributed by atoms with Crippen LogP contribution in [-0.2, 0) is 23.5 Å². The van der Waals surface area contributed by atoms with Crippen molar-refractivity contribution in [2.75, 3.05) is 14.2 Å². The number of aliphatic hydroxyl groups is 1. The van der Waals surface area contributed by atoms with E-state index in [9.17, 15) is 9.59 Å². The summed E-state index contributed by atoms with van der Waals surface area (Å²) >= 11 is 0. The molecule has 0 aromatic heterocycles. The lowest BCUT2D eigenvalue weighted by Crippen LogP contribution is -2.43. The third-order valence-corrected chi connectivity index (χ3v) is 10.7. The molecule has 27 heavy (non-hydrogen) atoms. The molecule has 0 aliphatic heterocycles. The Bertz CT molecular complexity index is 499. The predicted molar refractivity (Wildman–Crippen MR) is 107 cm³/mol. The van der Waals surface area contributed by atoms with Crippen molar-refractivity contribution in [1.29, 1.82) is 0 Å². The fraction of sp³-hybridized carbons (Fsp3) is 0.900. The quantitative estimate of drug-likeness (QED) is 0.571. The number of esters is 2. The van der Waals surface area contributed by atoms with Crippen LogP contribution in [0.3, 0.4) is 0 Å². The Morgan fingerprint density at radius 2 is 1.37 bits per heavy atom. The first-order chi connectivity index (χ1) is 12.4. The van der Waals surface area contributed by atoms with E-state index in [2.05, 4.69) is 38.6 Å². The molecule has 1 N–H and O–H groups in total. The van der Waals surface area contributed by atoms with Crippen LogP contribution in [0.2, 0.25) is 18.1 Å². The lowest BCUT2D eigenvalue weighted by Gasteiger charge is -2.38. The second kappa shape index (κ2) is 10.0. The fourth-order valence-corrected chi connectivity index (χ4v) is 4.76. The summed E-state index contributed by atoms with van der Waals surface area (Å²) < 4.78 is 15.6. The maximum atomic E-state index is 11.5. The van der Waals surface area contributed by atoms with Gasteiger partial charge >= 0.3 is 11.9 Å². The predicted octanol–water partition coefficient (Wildman–Crippen LogP) is 3.67. The minimum atomic E-state index is -1.70. The van der Waals surface area contributed by atoms with E-state index in [-0.39, 0.29) is 41.0 Å². The Hall–Kier alpha value is -0.923. The number of aliphatic hydroxyl groups excluding tert-OH is 1. The highest BCUT2D eigenvalue weighted by Gasteiger charge is 2.41. The molecule has 158 valence electrons. The molecule has 0 bridgehead atoms. The number of ether oxygens (including phenoxy) is 2. The number of rotatable bonds is 4. The molecule has 4 unspecified atom stereocenters. The van der Waals surface area contributed by atoms with Gasteiger partial charge in [0.15, 0.2) is 8.32 Å². The Morgan fingerprint density at radius 3 is 1.78 bits per heavy atom. The van der Waals surface area contributed by atoms with Crippen LogP contribution in [-0.4, -0.2) is 51.8 Å². The van der Waals surface area contributed by atoms with Gasteiger partial charge in [0, 0.05) is 6.10 Å². The van der Waals surface area contributed by atoms with Gasteiger partial charge in [0.05, 0.1) is 32.2 Å². The SMILES string of the molecule is COC(=O)C1CCC(O)C1.COC(=O)C1CCC(O[Si](C)(C)C(C)(C)C)C1. The molecule has 0 radical (unpaired) electrons. The van der Waals surface area contributed by atoms with E-state index >= 15 is 0 Å². The molecule has 7 heteroatoms.